The van der Waals surface area contributed by atoms with Crippen molar-refractivity contribution in [2.75, 3.05) is 0 Å². The molecule has 94 valence electrons. The molecule has 4 heteroatoms. The zero-order chi connectivity index (χ0) is 13.1. The van der Waals surface area contributed by atoms with E-state index in [9.17, 15) is 9.18 Å². The number of halogens is 1. The molecule has 1 aromatic rings. The summed E-state index contributed by atoms with van der Waals surface area (Å²) in [5.41, 5.74) is 0.859. The summed E-state index contributed by atoms with van der Waals surface area (Å²) in [7, 11) is 0. The van der Waals surface area contributed by atoms with Crippen molar-refractivity contribution in [2.24, 2.45) is 0 Å². The van der Waals surface area contributed by atoms with Crippen LogP contribution in [0.15, 0.2) is 18.2 Å². The Balaban J connectivity index is 2.56. The van der Waals surface area contributed by atoms with Crippen LogP contribution >= 0.6 is 0 Å². The highest BCUT2D eigenvalue weighted by Gasteiger charge is 2.16. The van der Waals surface area contributed by atoms with Gasteiger partial charge < -0.3 is 10.1 Å². The number of hydrogen-bond donors (Lipinski definition) is 1. The predicted molar refractivity (Wildman–Crippen MR) is 64.2 cm³/mol. The normalized spacial score (nSPS) is 11.1. The van der Waals surface area contributed by atoms with Crippen LogP contribution in [0, 0.1) is 12.7 Å². The lowest BCUT2D eigenvalue weighted by Gasteiger charge is -2.19. The molecule has 0 heterocycles. The van der Waals surface area contributed by atoms with Crippen molar-refractivity contribution >= 4 is 6.09 Å². The average Bonchev–Trinajstić information content (AvgIpc) is 2.17. The number of alkyl carbamates (subject to hydrolysis) is 1. The fourth-order valence-electron chi connectivity index (χ4n) is 1.32. The first-order valence-corrected chi connectivity index (χ1v) is 5.50. The van der Waals surface area contributed by atoms with Gasteiger partial charge in [-0.25, -0.2) is 9.18 Å². The molecule has 0 spiro atoms. The van der Waals surface area contributed by atoms with Crippen LogP contribution in [-0.4, -0.2) is 11.7 Å². The highest BCUT2D eigenvalue weighted by atomic mass is 19.1. The molecule has 17 heavy (non-hydrogen) atoms. The predicted octanol–water partition coefficient (Wildman–Crippen LogP) is 3.16. The summed E-state index contributed by atoms with van der Waals surface area (Å²) in [4.78, 5) is 11.4. The molecule has 0 aliphatic carbocycles. The third kappa shape index (κ3) is 4.85. The minimum absolute atomic E-state index is 0.127. The van der Waals surface area contributed by atoms with Crippen LogP contribution in [0.1, 0.15) is 31.9 Å². The summed E-state index contributed by atoms with van der Waals surface area (Å²) in [5.74, 6) is -0.327. The van der Waals surface area contributed by atoms with Gasteiger partial charge in [-0.3, -0.25) is 0 Å². The second-order valence-corrected chi connectivity index (χ2v) is 4.95. The zero-order valence-electron chi connectivity index (χ0n) is 10.6. The maximum atomic E-state index is 13.4. The Morgan fingerprint density at radius 2 is 2.06 bits per heavy atom. The highest BCUT2D eigenvalue weighted by Crippen LogP contribution is 2.10. The monoisotopic (exact) mass is 239 g/mol. The van der Waals surface area contributed by atoms with Crippen LogP contribution in [0.3, 0.4) is 0 Å². The smallest absolute Gasteiger partial charge is 0.407 e. The van der Waals surface area contributed by atoms with Crippen LogP contribution in [-0.2, 0) is 11.3 Å². The summed E-state index contributed by atoms with van der Waals surface area (Å²) in [6, 6.07) is 4.78. The van der Waals surface area contributed by atoms with E-state index in [2.05, 4.69) is 5.32 Å². The number of carbonyl (C=O) groups excluding carboxylic acids is 1. The first kappa shape index (κ1) is 13.5. The van der Waals surface area contributed by atoms with Crippen LogP contribution in [0.2, 0.25) is 0 Å². The molecule has 0 fully saturated rings. The van der Waals surface area contributed by atoms with Gasteiger partial charge in [0.1, 0.15) is 11.4 Å². The minimum Gasteiger partial charge on any atom is -0.444 e. The van der Waals surface area contributed by atoms with Gasteiger partial charge in [0.2, 0.25) is 0 Å². The van der Waals surface area contributed by atoms with Crippen molar-refractivity contribution in [2.45, 2.75) is 39.8 Å². The molecular weight excluding hydrogens is 221 g/mol. The van der Waals surface area contributed by atoms with E-state index >= 15 is 0 Å². The second kappa shape index (κ2) is 5.17. The van der Waals surface area contributed by atoms with Gasteiger partial charge in [0, 0.05) is 12.1 Å². The Hall–Kier alpha value is -1.58. The van der Waals surface area contributed by atoms with E-state index in [0.29, 0.717) is 5.56 Å². The molecule has 0 aliphatic heterocycles. The van der Waals surface area contributed by atoms with E-state index in [0.717, 1.165) is 5.56 Å². The van der Waals surface area contributed by atoms with Gasteiger partial charge in [-0.15, -0.1) is 0 Å². The Kier molecular flexibility index (Phi) is 4.10. The van der Waals surface area contributed by atoms with Crippen LogP contribution in [0.5, 0.6) is 0 Å². The number of benzene rings is 1. The lowest BCUT2D eigenvalue weighted by molar-refractivity contribution is 0.0523. The minimum atomic E-state index is -0.546. The number of carbonyl (C=O) groups is 1. The van der Waals surface area contributed by atoms with E-state index in [1.807, 2.05) is 6.92 Å². The highest BCUT2D eigenvalue weighted by molar-refractivity contribution is 5.67. The van der Waals surface area contributed by atoms with Gasteiger partial charge in [-0.1, -0.05) is 17.7 Å². The molecule has 0 bridgehead atoms. The van der Waals surface area contributed by atoms with Gasteiger partial charge in [-0.2, -0.15) is 0 Å². The zero-order valence-corrected chi connectivity index (χ0v) is 10.6. The molecule has 0 unspecified atom stereocenters. The topological polar surface area (TPSA) is 38.3 Å². The lowest BCUT2D eigenvalue weighted by atomic mass is 10.1. The Morgan fingerprint density at radius 3 is 2.65 bits per heavy atom. The fourth-order valence-corrected chi connectivity index (χ4v) is 1.32. The van der Waals surface area contributed by atoms with Crippen LogP contribution in [0.25, 0.3) is 0 Å². The molecule has 0 atom stereocenters. The summed E-state index contributed by atoms with van der Waals surface area (Å²) in [6.07, 6.45) is -0.543. The van der Waals surface area contributed by atoms with Crippen molar-refractivity contribution in [3.8, 4) is 0 Å². The Labute approximate surface area is 101 Å². The van der Waals surface area contributed by atoms with Gasteiger partial charge in [0.05, 0.1) is 0 Å². The summed E-state index contributed by atoms with van der Waals surface area (Å²) in [6.45, 7) is 7.33. The van der Waals surface area contributed by atoms with E-state index < -0.39 is 11.7 Å². The molecule has 0 radical (unpaired) electrons. The van der Waals surface area contributed by atoms with Gasteiger partial charge in [-0.05, 0) is 33.8 Å². The molecule has 1 amide bonds. The first-order chi connectivity index (χ1) is 7.78. The van der Waals surface area contributed by atoms with Crippen LogP contribution < -0.4 is 5.32 Å². The van der Waals surface area contributed by atoms with E-state index in [1.165, 1.54) is 6.07 Å². The number of ether oxygens (including phenoxy) is 1. The maximum Gasteiger partial charge on any atom is 0.407 e. The van der Waals surface area contributed by atoms with E-state index in [1.54, 1.807) is 32.9 Å². The molecule has 0 aromatic heterocycles. The quantitative estimate of drug-likeness (QED) is 0.860. The molecule has 1 aromatic carbocycles. The van der Waals surface area contributed by atoms with Gasteiger partial charge >= 0.3 is 6.09 Å². The van der Waals surface area contributed by atoms with Crippen molar-refractivity contribution in [1.82, 2.24) is 5.32 Å². The van der Waals surface area contributed by atoms with Crippen molar-refractivity contribution in [3.05, 3.63) is 35.1 Å². The number of rotatable bonds is 2. The molecule has 1 rings (SSSR count). The number of aryl methyl sites for hydroxylation is 1. The fraction of sp³-hybridized carbons (Fsp3) is 0.462. The summed E-state index contributed by atoms with van der Waals surface area (Å²) < 4.78 is 18.4. The number of hydrogen-bond acceptors (Lipinski definition) is 2. The molecule has 1 N–H and O–H groups in total. The number of amides is 1. The average molecular weight is 239 g/mol. The molecule has 0 saturated carbocycles. The third-order valence-corrected chi connectivity index (χ3v) is 2.02. The Morgan fingerprint density at radius 1 is 1.41 bits per heavy atom. The van der Waals surface area contributed by atoms with Crippen molar-refractivity contribution in [1.29, 1.82) is 0 Å². The van der Waals surface area contributed by atoms with E-state index in [4.69, 9.17) is 4.74 Å². The third-order valence-electron chi connectivity index (χ3n) is 2.02. The van der Waals surface area contributed by atoms with Crippen LogP contribution in [0.4, 0.5) is 9.18 Å². The Bertz CT molecular complexity index is 410. The maximum absolute atomic E-state index is 13.4. The van der Waals surface area contributed by atoms with Gasteiger partial charge in [0.15, 0.2) is 0 Å². The van der Waals surface area contributed by atoms with Crippen molar-refractivity contribution < 1.29 is 13.9 Å². The molecular formula is C13H18FNO2. The molecule has 0 saturated heterocycles. The lowest BCUT2D eigenvalue weighted by Crippen LogP contribution is -2.32. The SMILES string of the molecule is Cc1ccc(F)c(CNC(=O)OC(C)(C)C)c1. The van der Waals surface area contributed by atoms with Crippen molar-refractivity contribution in [3.63, 3.8) is 0 Å². The molecule has 3 nitrogen and oxygen atoms in total. The summed E-state index contributed by atoms with van der Waals surface area (Å²) in [5, 5.41) is 2.52. The largest absolute Gasteiger partial charge is 0.444 e. The first-order valence-electron chi connectivity index (χ1n) is 5.50. The molecule has 0 aliphatic rings. The second-order valence-electron chi connectivity index (χ2n) is 4.95. The number of nitrogens with one attached hydrogen (secondary N) is 1. The van der Waals surface area contributed by atoms with E-state index in [-0.39, 0.29) is 12.4 Å². The standard InChI is InChI=1S/C13H18FNO2/c1-9-5-6-11(14)10(7-9)8-15-12(16)17-13(2,3)4/h5-7H,8H2,1-4H3,(H,15,16). The summed E-state index contributed by atoms with van der Waals surface area (Å²) >= 11 is 0. The van der Waals surface area contributed by atoms with Gasteiger partial charge in [0.25, 0.3) is 0 Å².